The van der Waals surface area contributed by atoms with Crippen molar-refractivity contribution in [1.29, 1.82) is 0 Å². The molecule has 2 N–H and O–H groups in total. The van der Waals surface area contributed by atoms with Gasteiger partial charge in [0.25, 0.3) is 5.89 Å². The van der Waals surface area contributed by atoms with E-state index in [1.165, 1.54) is 0 Å². The van der Waals surface area contributed by atoms with Gasteiger partial charge in [0.2, 0.25) is 0 Å². The Morgan fingerprint density at radius 3 is 2.61 bits per heavy atom. The van der Waals surface area contributed by atoms with Gasteiger partial charge in [0.1, 0.15) is 5.75 Å². The van der Waals surface area contributed by atoms with Crippen LogP contribution in [-0.2, 0) is 6.61 Å². The van der Waals surface area contributed by atoms with E-state index in [9.17, 15) is 0 Å². The molecule has 1 heterocycles. The molecule has 0 radical (unpaired) electrons. The first-order chi connectivity index (χ1) is 8.69. The Bertz CT molecular complexity index is 493. The minimum atomic E-state index is 0.0811. The molecule has 0 bridgehead atoms. The second-order valence-corrected chi connectivity index (χ2v) is 4.11. The van der Waals surface area contributed by atoms with Crippen molar-refractivity contribution in [3.05, 3.63) is 41.5 Å². The smallest absolute Gasteiger partial charge is 0.264 e. The van der Waals surface area contributed by atoms with Gasteiger partial charge in [-0.2, -0.15) is 4.98 Å². The number of aryl methyl sites for hydroxylation is 1. The predicted octanol–water partition coefficient (Wildman–Crippen LogP) is 2.37. The lowest BCUT2D eigenvalue weighted by Crippen LogP contribution is -2.08. The summed E-state index contributed by atoms with van der Waals surface area (Å²) in [6, 6.07) is 7.82. The monoisotopic (exact) mass is 247 g/mol. The van der Waals surface area contributed by atoms with Gasteiger partial charge in [0.15, 0.2) is 12.4 Å². The van der Waals surface area contributed by atoms with E-state index in [1.54, 1.807) is 6.92 Å². The Hall–Kier alpha value is -1.88. The Balaban J connectivity index is 1.94. The van der Waals surface area contributed by atoms with Crippen molar-refractivity contribution >= 4 is 0 Å². The second-order valence-electron chi connectivity index (χ2n) is 4.11. The van der Waals surface area contributed by atoms with E-state index in [4.69, 9.17) is 15.0 Å². The van der Waals surface area contributed by atoms with Gasteiger partial charge in [-0.25, -0.2) is 0 Å². The van der Waals surface area contributed by atoms with E-state index < -0.39 is 0 Å². The zero-order valence-corrected chi connectivity index (χ0v) is 10.6. The number of ether oxygens (including phenoxy) is 1. The third-order valence-corrected chi connectivity index (χ3v) is 2.68. The second kappa shape index (κ2) is 5.64. The predicted molar refractivity (Wildman–Crippen MR) is 67.0 cm³/mol. The van der Waals surface area contributed by atoms with Crippen LogP contribution in [-0.4, -0.2) is 10.1 Å². The lowest BCUT2D eigenvalue weighted by atomic mass is 10.1. The molecule has 0 aliphatic heterocycles. The molecule has 2 rings (SSSR count). The number of nitrogens with zero attached hydrogens (tertiary/aromatic N) is 2. The van der Waals surface area contributed by atoms with Crippen LogP contribution in [0.3, 0.4) is 0 Å². The van der Waals surface area contributed by atoms with E-state index in [-0.39, 0.29) is 12.6 Å². The van der Waals surface area contributed by atoms with Gasteiger partial charge in [0, 0.05) is 6.04 Å². The van der Waals surface area contributed by atoms with Crippen LogP contribution >= 0.6 is 0 Å². The van der Waals surface area contributed by atoms with E-state index in [0.29, 0.717) is 11.7 Å². The van der Waals surface area contributed by atoms with Crippen molar-refractivity contribution < 1.29 is 9.26 Å². The maximum Gasteiger partial charge on any atom is 0.264 e. The van der Waals surface area contributed by atoms with Crippen LogP contribution in [0.2, 0.25) is 0 Å². The fourth-order valence-corrected chi connectivity index (χ4v) is 1.59. The summed E-state index contributed by atoms with van der Waals surface area (Å²) >= 11 is 0. The van der Waals surface area contributed by atoms with Gasteiger partial charge in [-0.3, -0.25) is 0 Å². The van der Waals surface area contributed by atoms with Crippen molar-refractivity contribution in [1.82, 2.24) is 10.1 Å². The minimum Gasteiger partial charge on any atom is -0.484 e. The fraction of sp³-hybridized carbons (Fsp3) is 0.385. The standard InChI is InChI=1S/C13H17N3O2/c1-3-12(14)10-4-6-11(7-5-10)17-8-13-15-9(2)16-18-13/h4-7,12H,3,8,14H2,1-2H3/t12-/m0/s1. The van der Waals surface area contributed by atoms with Crippen LogP contribution in [0.15, 0.2) is 28.8 Å². The summed E-state index contributed by atoms with van der Waals surface area (Å²) in [6.07, 6.45) is 0.918. The third kappa shape index (κ3) is 3.07. The Kier molecular flexibility index (Phi) is 3.94. The average Bonchev–Trinajstić information content (AvgIpc) is 2.82. The Labute approximate surface area is 106 Å². The quantitative estimate of drug-likeness (QED) is 0.877. The lowest BCUT2D eigenvalue weighted by molar-refractivity contribution is 0.242. The SMILES string of the molecule is CC[C@H](N)c1ccc(OCc2nc(C)no2)cc1. The number of benzene rings is 1. The van der Waals surface area contributed by atoms with Crippen molar-refractivity contribution in [2.24, 2.45) is 5.73 Å². The molecule has 96 valence electrons. The molecule has 0 amide bonds. The molecule has 5 heteroatoms. The van der Waals surface area contributed by atoms with E-state index in [2.05, 4.69) is 17.1 Å². The summed E-state index contributed by atoms with van der Waals surface area (Å²) in [7, 11) is 0. The topological polar surface area (TPSA) is 74.2 Å². The van der Waals surface area contributed by atoms with Gasteiger partial charge in [0.05, 0.1) is 0 Å². The van der Waals surface area contributed by atoms with Gasteiger partial charge in [-0.15, -0.1) is 0 Å². The number of rotatable bonds is 5. The summed E-state index contributed by atoms with van der Waals surface area (Å²) in [5.41, 5.74) is 7.05. The molecule has 0 aliphatic rings. The van der Waals surface area contributed by atoms with Crippen molar-refractivity contribution in [2.75, 3.05) is 0 Å². The first kappa shape index (κ1) is 12.6. The molecule has 0 saturated carbocycles. The van der Waals surface area contributed by atoms with Gasteiger partial charge in [-0.1, -0.05) is 24.2 Å². The van der Waals surface area contributed by atoms with E-state index in [0.717, 1.165) is 17.7 Å². The molecule has 1 aromatic carbocycles. The molecule has 0 unspecified atom stereocenters. The highest BCUT2D eigenvalue weighted by atomic mass is 16.5. The highest BCUT2D eigenvalue weighted by Crippen LogP contribution is 2.18. The molecule has 0 saturated heterocycles. The molecule has 0 spiro atoms. The third-order valence-electron chi connectivity index (χ3n) is 2.68. The minimum absolute atomic E-state index is 0.0811. The normalized spacial score (nSPS) is 12.4. The maximum absolute atomic E-state index is 5.94. The molecule has 5 nitrogen and oxygen atoms in total. The van der Waals surface area contributed by atoms with Crippen LogP contribution in [0, 0.1) is 6.92 Å². The Morgan fingerprint density at radius 2 is 2.06 bits per heavy atom. The molecular weight excluding hydrogens is 230 g/mol. The van der Waals surface area contributed by atoms with Crippen molar-refractivity contribution in [2.45, 2.75) is 32.9 Å². The molecule has 1 aromatic heterocycles. The van der Waals surface area contributed by atoms with Crippen LogP contribution < -0.4 is 10.5 Å². The van der Waals surface area contributed by atoms with Crippen LogP contribution in [0.1, 0.15) is 36.7 Å². The molecule has 2 aromatic rings. The van der Waals surface area contributed by atoms with E-state index in [1.807, 2.05) is 24.3 Å². The van der Waals surface area contributed by atoms with Crippen LogP contribution in [0.4, 0.5) is 0 Å². The summed E-state index contributed by atoms with van der Waals surface area (Å²) in [5.74, 6) is 1.85. The lowest BCUT2D eigenvalue weighted by Gasteiger charge is -2.10. The molecule has 0 aliphatic carbocycles. The summed E-state index contributed by atoms with van der Waals surface area (Å²) < 4.78 is 10.5. The molecule has 0 fully saturated rings. The number of hydrogen-bond donors (Lipinski definition) is 1. The summed E-state index contributed by atoms with van der Waals surface area (Å²) in [6.45, 7) is 4.11. The number of hydrogen-bond acceptors (Lipinski definition) is 5. The largest absolute Gasteiger partial charge is 0.484 e. The molecular formula is C13H17N3O2. The van der Waals surface area contributed by atoms with E-state index >= 15 is 0 Å². The number of aromatic nitrogens is 2. The van der Waals surface area contributed by atoms with Crippen molar-refractivity contribution in [3.63, 3.8) is 0 Å². The first-order valence-corrected chi connectivity index (χ1v) is 5.96. The number of nitrogens with two attached hydrogens (primary N) is 1. The van der Waals surface area contributed by atoms with Crippen molar-refractivity contribution in [3.8, 4) is 5.75 Å². The van der Waals surface area contributed by atoms with Gasteiger partial charge in [-0.05, 0) is 31.0 Å². The van der Waals surface area contributed by atoms with Crippen LogP contribution in [0.25, 0.3) is 0 Å². The summed E-state index contributed by atoms with van der Waals surface area (Å²) in [5, 5.41) is 3.69. The van der Waals surface area contributed by atoms with Gasteiger partial charge >= 0.3 is 0 Å². The highest BCUT2D eigenvalue weighted by molar-refractivity contribution is 5.28. The molecule has 1 atom stereocenters. The molecule has 18 heavy (non-hydrogen) atoms. The first-order valence-electron chi connectivity index (χ1n) is 5.96. The maximum atomic E-state index is 5.94. The Morgan fingerprint density at radius 1 is 1.33 bits per heavy atom. The average molecular weight is 247 g/mol. The van der Waals surface area contributed by atoms with Crippen LogP contribution in [0.5, 0.6) is 5.75 Å². The fourth-order valence-electron chi connectivity index (χ4n) is 1.59. The van der Waals surface area contributed by atoms with Gasteiger partial charge < -0.3 is 15.0 Å². The zero-order valence-electron chi connectivity index (χ0n) is 10.6. The highest BCUT2D eigenvalue weighted by Gasteiger charge is 2.05. The summed E-state index contributed by atoms with van der Waals surface area (Å²) in [4.78, 5) is 4.06. The zero-order chi connectivity index (χ0) is 13.0.